The molecule has 31 heavy (non-hydrogen) atoms. The van der Waals surface area contributed by atoms with Crippen molar-refractivity contribution in [3.8, 4) is 5.75 Å². The minimum absolute atomic E-state index is 0.112. The lowest BCUT2D eigenvalue weighted by atomic mass is 9.97. The number of fused-ring (bicyclic) bond motifs is 3. The van der Waals surface area contributed by atoms with Gasteiger partial charge in [-0.1, -0.05) is 0 Å². The van der Waals surface area contributed by atoms with E-state index in [4.69, 9.17) is 16.2 Å². The molecule has 1 amide bonds. The maximum atomic E-state index is 14.1. The Morgan fingerprint density at radius 3 is 2.71 bits per heavy atom. The van der Waals surface area contributed by atoms with Crippen molar-refractivity contribution in [1.82, 2.24) is 9.88 Å². The van der Waals surface area contributed by atoms with E-state index in [9.17, 15) is 9.18 Å². The number of amides is 1. The van der Waals surface area contributed by atoms with Crippen LogP contribution in [0.5, 0.6) is 5.75 Å². The van der Waals surface area contributed by atoms with Crippen LogP contribution in [0.25, 0.3) is 5.57 Å². The van der Waals surface area contributed by atoms with Crippen molar-refractivity contribution in [3.05, 3.63) is 58.7 Å². The van der Waals surface area contributed by atoms with Gasteiger partial charge in [-0.05, 0) is 51.0 Å². The minimum atomic E-state index is -0.625. The van der Waals surface area contributed by atoms with Gasteiger partial charge in [0.25, 0.3) is 5.91 Å². The summed E-state index contributed by atoms with van der Waals surface area (Å²) in [5, 5.41) is 0. The number of ether oxygens (including phenoxy) is 1. The number of nitrogens with two attached hydrogens (primary N) is 2. The van der Waals surface area contributed by atoms with Gasteiger partial charge >= 0.3 is 0 Å². The van der Waals surface area contributed by atoms with Crippen molar-refractivity contribution in [2.75, 3.05) is 19.3 Å². The molecule has 2 aromatic rings. The number of anilines is 1. The van der Waals surface area contributed by atoms with Gasteiger partial charge in [0.05, 0.1) is 12.3 Å². The molecule has 0 radical (unpaired) electrons. The molecule has 2 aliphatic rings. The van der Waals surface area contributed by atoms with E-state index in [1.54, 1.807) is 38.1 Å². The summed E-state index contributed by atoms with van der Waals surface area (Å²) < 4.78 is 20.2. The van der Waals surface area contributed by atoms with Crippen LogP contribution in [0.3, 0.4) is 0 Å². The first-order chi connectivity index (χ1) is 14.8. The average molecular weight is 423 g/mol. The Hall–Kier alpha value is -3.42. The van der Waals surface area contributed by atoms with E-state index in [1.165, 1.54) is 18.2 Å². The molecule has 8 heteroatoms. The number of halogens is 1. The number of allylic oxidation sites excluding steroid dienone is 1. The lowest BCUT2D eigenvalue weighted by molar-refractivity contribution is 0.0764. The van der Waals surface area contributed by atoms with Crippen molar-refractivity contribution in [2.45, 2.75) is 38.8 Å². The Bertz CT molecular complexity index is 1100. The number of pyridine rings is 1. The van der Waals surface area contributed by atoms with Gasteiger partial charge in [-0.15, -0.1) is 0 Å². The molecule has 1 aliphatic heterocycles. The van der Waals surface area contributed by atoms with Crippen LogP contribution in [0.2, 0.25) is 0 Å². The lowest BCUT2D eigenvalue weighted by Gasteiger charge is -2.28. The average Bonchev–Trinajstić information content (AvgIpc) is 3.56. The van der Waals surface area contributed by atoms with Crippen molar-refractivity contribution in [1.29, 1.82) is 0 Å². The van der Waals surface area contributed by atoms with Gasteiger partial charge in [0.15, 0.2) is 11.6 Å². The Morgan fingerprint density at radius 1 is 1.32 bits per heavy atom. The molecule has 0 spiro atoms. The molecule has 1 aromatic carbocycles. The van der Waals surface area contributed by atoms with Crippen LogP contribution in [0.1, 0.15) is 54.3 Å². The fourth-order valence-electron chi connectivity index (χ4n) is 3.96. The summed E-state index contributed by atoms with van der Waals surface area (Å²) >= 11 is 0. The maximum Gasteiger partial charge on any atom is 0.254 e. The van der Waals surface area contributed by atoms with Crippen molar-refractivity contribution in [3.63, 3.8) is 0 Å². The molecule has 1 atom stereocenters. The molecule has 1 aromatic heterocycles. The third-order valence-corrected chi connectivity index (χ3v) is 5.68. The SMILES string of the molecule is CN=C1CN(C2CC2)C(=O)c2ccc(F)cc2C(C)Oc2cc(cnc2N)C1=C(C)N. The molecule has 4 N–H and O–H groups in total. The van der Waals surface area contributed by atoms with Crippen LogP contribution in [0.4, 0.5) is 10.2 Å². The van der Waals surface area contributed by atoms with Crippen molar-refractivity contribution >= 4 is 23.0 Å². The highest BCUT2D eigenvalue weighted by Gasteiger charge is 2.36. The number of rotatable bonds is 1. The van der Waals surface area contributed by atoms with E-state index < -0.39 is 11.9 Å². The topological polar surface area (TPSA) is 107 Å². The van der Waals surface area contributed by atoms with Gasteiger partial charge in [-0.3, -0.25) is 9.79 Å². The standard InChI is InChI=1S/C23H26FN5O2/c1-12(25)21-14-8-20(22(26)28-10-14)31-13(2)18-9-15(24)4-7-17(18)23(30)29(16-5-6-16)11-19(21)27-3/h4,7-10,13,16H,5-6,11,25H2,1-3H3,(H2,26,28). The highest BCUT2D eigenvalue weighted by atomic mass is 19.1. The summed E-state index contributed by atoms with van der Waals surface area (Å²) in [6.07, 6.45) is 2.83. The predicted octanol–water partition coefficient (Wildman–Crippen LogP) is 3.32. The maximum absolute atomic E-state index is 14.1. The second-order valence-electron chi connectivity index (χ2n) is 7.99. The van der Waals surface area contributed by atoms with Gasteiger partial charge in [0.2, 0.25) is 0 Å². The number of aliphatic imine (C=N–C) groups is 1. The number of carbonyl (C=O) groups is 1. The van der Waals surface area contributed by atoms with Gasteiger partial charge < -0.3 is 21.1 Å². The Labute approximate surface area is 180 Å². The van der Waals surface area contributed by atoms with Crippen molar-refractivity contribution < 1.29 is 13.9 Å². The van der Waals surface area contributed by atoms with Gasteiger partial charge in [-0.2, -0.15) is 0 Å². The van der Waals surface area contributed by atoms with Crippen LogP contribution in [0, 0.1) is 5.82 Å². The molecule has 1 aliphatic carbocycles. The molecule has 162 valence electrons. The summed E-state index contributed by atoms with van der Waals surface area (Å²) in [5.74, 6) is -0.0906. The van der Waals surface area contributed by atoms with E-state index in [1.807, 2.05) is 0 Å². The van der Waals surface area contributed by atoms with E-state index in [0.717, 1.165) is 12.8 Å². The Kier molecular flexibility index (Phi) is 5.39. The van der Waals surface area contributed by atoms with E-state index >= 15 is 0 Å². The molecule has 2 heterocycles. The van der Waals surface area contributed by atoms with Crippen LogP contribution in [-0.4, -0.2) is 41.1 Å². The number of aromatic nitrogens is 1. The third-order valence-electron chi connectivity index (χ3n) is 5.68. The largest absolute Gasteiger partial charge is 0.482 e. The van der Waals surface area contributed by atoms with Crippen LogP contribution in [0.15, 0.2) is 41.2 Å². The molecule has 1 saturated carbocycles. The quantitative estimate of drug-likeness (QED) is 0.732. The van der Waals surface area contributed by atoms with Crippen molar-refractivity contribution in [2.24, 2.45) is 10.7 Å². The first kappa shape index (κ1) is 20.8. The number of benzene rings is 1. The van der Waals surface area contributed by atoms with Gasteiger partial charge in [0, 0.05) is 47.2 Å². The molecule has 7 nitrogen and oxygen atoms in total. The fraction of sp³-hybridized carbons (Fsp3) is 0.348. The molecular weight excluding hydrogens is 397 g/mol. The summed E-state index contributed by atoms with van der Waals surface area (Å²) in [4.78, 5) is 24.1. The normalized spacial score (nSPS) is 22.3. The van der Waals surface area contributed by atoms with Crippen LogP contribution < -0.4 is 16.2 Å². The number of nitrogens with zero attached hydrogens (tertiary/aromatic N) is 3. The van der Waals surface area contributed by atoms with E-state index in [2.05, 4.69) is 9.98 Å². The zero-order valence-corrected chi connectivity index (χ0v) is 17.9. The summed E-state index contributed by atoms with van der Waals surface area (Å²) in [5.41, 5.74) is 15.8. The van der Waals surface area contributed by atoms with Crippen LogP contribution in [-0.2, 0) is 0 Å². The predicted molar refractivity (Wildman–Crippen MR) is 118 cm³/mol. The van der Waals surface area contributed by atoms with Crippen LogP contribution >= 0.6 is 0 Å². The van der Waals surface area contributed by atoms with E-state index in [-0.39, 0.29) is 24.3 Å². The summed E-state index contributed by atoms with van der Waals surface area (Å²) in [6, 6.07) is 6.02. The zero-order valence-electron chi connectivity index (χ0n) is 17.9. The zero-order chi connectivity index (χ0) is 22.3. The molecule has 2 bridgehead atoms. The molecule has 1 fully saturated rings. The number of carbonyl (C=O) groups excluding carboxylic acids is 1. The third kappa shape index (κ3) is 3.97. The molecule has 1 unspecified atom stereocenters. The molecular formula is C23H26FN5O2. The highest BCUT2D eigenvalue weighted by Crippen LogP contribution is 2.35. The number of hydrogen-bond acceptors (Lipinski definition) is 6. The first-order valence-electron chi connectivity index (χ1n) is 10.3. The van der Waals surface area contributed by atoms with Gasteiger partial charge in [0.1, 0.15) is 11.9 Å². The fourth-order valence-corrected chi connectivity index (χ4v) is 3.96. The Morgan fingerprint density at radius 2 is 2.06 bits per heavy atom. The van der Waals surface area contributed by atoms with Gasteiger partial charge in [-0.25, -0.2) is 9.37 Å². The monoisotopic (exact) mass is 423 g/mol. The second kappa shape index (κ2) is 8.02. The first-order valence-corrected chi connectivity index (χ1v) is 10.3. The second-order valence-corrected chi connectivity index (χ2v) is 7.99. The smallest absolute Gasteiger partial charge is 0.254 e. The number of hydrogen-bond donors (Lipinski definition) is 2. The summed E-state index contributed by atoms with van der Waals surface area (Å²) in [7, 11) is 1.67. The summed E-state index contributed by atoms with van der Waals surface area (Å²) in [6.45, 7) is 3.83. The number of nitrogen functional groups attached to an aromatic ring is 1. The molecule has 0 saturated heterocycles. The Balaban J connectivity index is 1.95. The van der Waals surface area contributed by atoms with E-state index in [0.29, 0.717) is 39.4 Å². The highest BCUT2D eigenvalue weighted by molar-refractivity contribution is 6.26. The lowest BCUT2D eigenvalue weighted by Crippen LogP contribution is -2.39. The minimum Gasteiger partial charge on any atom is -0.482 e. The molecule has 4 rings (SSSR count).